The van der Waals surface area contributed by atoms with Gasteiger partial charge in [-0.2, -0.15) is 0 Å². The first-order valence-corrected chi connectivity index (χ1v) is 8.14. The van der Waals surface area contributed by atoms with Crippen LogP contribution >= 0.6 is 0 Å². The third kappa shape index (κ3) is 2.36. The number of rotatable bonds is 2. The largest absolute Gasteiger partial charge is 0.508 e. The Hall–Kier alpha value is -1.06. The lowest BCUT2D eigenvalue weighted by Crippen LogP contribution is -2.57. The van der Waals surface area contributed by atoms with Gasteiger partial charge in [-0.05, 0) is 63.6 Å². The zero-order valence-corrected chi connectivity index (χ0v) is 13.4. The summed E-state index contributed by atoms with van der Waals surface area (Å²) in [6, 6.07) is 6.41. The number of hydrogen-bond acceptors (Lipinski definition) is 3. The molecule has 4 atom stereocenters. The zero-order valence-electron chi connectivity index (χ0n) is 13.4. The van der Waals surface area contributed by atoms with E-state index in [1.54, 1.807) is 0 Å². The number of benzene rings is 1. The van der Waals surface area contributed by atoms with Crippen molar-refractivity contribution in [3.63, 3.8) is 0 Å². The normalized spacial score (nSPS) is 36.2. The molecular weight excluding hydrogens is 262 g/mol. The highest BCUT2D eigenvalue weighted by molar-refractivity contribution is 5.46. The molecule has 21 heavy (non-hydrogen) atoms. The van der Waals surface area contributed by atoms with Crippen molar-refractivity contribution in [3.8, 4) is 5.75 Å². The minimum absolute atomic E-state index is 0.0546. The number of nitrogens with one attached hydrogen (secondary N) is 1. The third-order valence-electron chi connectivity index (χ3n) is 5.82. The Bertz CT molecular complexity index is 496. The number of phenolic OH excluding ortho intramolecular Hbond substituents is 1. The van der Waals surface area contributed by atoms with E-state index < -0.39 is 0 Å². The molecule has 2 fully saturated rings. The summed E-state index contributed by atoms with van der Waals surface area (Å²) in [5.74, 6) is 1.04. The lowest BCUT2D eigenvalue weighted by atomic mass is 9.56. The average molecular weight is 289 g/mol. The predicted octanol–water partition coefficient (Wildman–Crippen LogP) is 3.14. The second-order valence-corrected chi connectivity index (χ2v) is 6.86. The van der Waals surface area contributed by atoms with Gasteiger partial charge in [-0.25, -0.2) is 0 Å². The monoisotopic (exact) mass is 289 g/mol. The summed E-state index contributed by atoms with van der Waals surface area (Å²) in [6.45, 7) is 5.44. The number of phenols is 1. The topological polar surface area (TPSA) is 41.5 Å². The molecule has 1 saturated heterocycles. The van der Waals surface area contributed by atoms with Gasteiger partial charge in [0, 0.05) is 24.1 Å². The standard InChI is InChI=1S/C18H27NO2/c1-12-5-4-6-16(20)17(12)18-9-10-19-13(2)15(18)8-7-14(11-18)21-3/h4-6,13-15,19-20H,7-11H2,1-3H3. The summed E-state index contributed by atoms with van der Waals surface area (Å²) >= 11 is 0. The van der Waals surface area contributed by atoms with Crippen molar-refractivity contribution >= 4 is 0 Å². The summed E-state index contributed by atoms with van der Waals surface area (Å²) < 4.78 is 5.70. The molecule has 4 unspecified atom stereocenters. The fourth-order valence-corrected chi connectivity index (χ4v) is 4.90. The zero-order chi connectivity index (χ0) is 15.0. The smallest absolute Gasteiger partial charge is 0.119 e. The Morgan fingerprint density at radius 1 is 1.33 bits per heavy atom. The van der Waals surface area contributed by atoms with Gasteiger partial charge in [0.25, 0.3) is 0 Å². The molecule has 0 amide bonds. The van der Waals surface area contributed by atoms with Crippen LogP contribution in [0.25, 0.3) is 0 Å². The van der Waals surface area contributed by atoms with E-state index in [1.807, 2.05) is 19.2 Å². The first-order valence-electron chi connectivity index (χ1n) is 8.14. The van der Waals surface area contributed by atoms with Crippen molar-refractivity contribution in [2.45, 2.75) is 57.1 Å². The van der Waals surface area contributed by atoms with E-state index in [0.29, 0.717) is 23.8 Å². The van der Waals surface area contributed by atoms with Crippen LogP contribution in [0.2, 0.25) is 0 Å². The SMILES string of the molecule is COC1CCC2C(C)NCCC2(c2c(C)cccc2O)C1. The van der Waals surface area contributed by atoms with E-state index in [4.69, 9.17) is 4.74 Å². The maximum absolute atomic E-state index is 10.6. The Labute approximate surface area is 127 Å². The second-order valence-electron chi connectivity index (χ2n) is 6.86. The molecule has 2 aliphatic rings. The molecule has 1 aromatic carbocycles. The quantitative estimate of drug-likeness (QED) is 0.879. The first kappa shape index (κ1) is 14.9. The summed E-state index contributed by atoms with van der Waals surface area (Å²) in [6.07, 6.45) is 4.71. The lowest BCUT2D eigenvalue weighted by Gasteiger charge is -2.53. The molecule has 1 aliphatic heterocycles. The number of piperidine rings is 1. The van der Waals surface area contributed by atoms with Crippen molar-refractivity contribution in [1.29, 1.82) is 0 Å². The molecule has 1 heterocycles. The van der Waals surface area contributed by atoms with Gasteiger partial charge >= 0.3 is 0 Å². The van der Waals surface area contributed by atoms with Gasteiger partial charge < -0.3 is 15.2 Å². The number of ether oxygens (including phenoxy) is 1. The highest BCUT2D eigenvalue weighted by Crippen LogP contribution is 2.53. The van der Waals surface area contributed by atoms with Crippen molar-refractivity contribution in [2.75, 3.05) is 13.7 Å². The van der Waals surface area contributed by atoms with Crippen LogP contribution in [0.4, 0.5) is 0 Å². The van der Waals surface area contributed by atoms with Gasteiger partial charge in [0.1, 0.15) is 5.75 Å². The highest BCUT2D eigenvalue weighted by Gasteiger charge is 2.50. The molecule has 2 N–H and O–H groups in total. The summed E-state index contributed by atoms with van der Waals surface area (Å²) in [4.78, 5) is 0. The van der Waals surface area contributed by atoms with Gasteiger partial charge in [0.05, 0.1) is 6.10 Å². The molecule has 1 aromatic rings. The molecule has 116 valence electrons. The molecule has 0 spiro atoms. The van der Waals surface area contributed by atoms with Crippen LogP contribution in [-0.2, 0) is 10.2 Å². The first-order chi connectivity index (χ1) is 10.1. The number of aromatic hydroxyl groups is 1. The molecule has 1 aliphatic carbocycles. The number of aryl methyl sites for hydroxylation is 1. The molecule has 0 bridgehead atoms. The minimum atomic E-state index is 0.0546. The van der Waals surface area contributed by atoms with E-state index in [2.05, 4.69) is 25.2 Å². The molecule has 3 nitrogen and oxygen atoms in total. The molecule has 0 radical (unpaired) electrons. The van der Waals surface area contributed by atoms with E-state index in [1.165, 1.54) is 17.5 Å². The number of fused-ring (bicyclic) bond motifs is 1. The summed E-state index contributed by atoms with van der Waals surface area (Å²) in [5.41, 5.74) is 2.44. The molecule has 0 aromatic heterocycles. The Balaban J connectivity index is 2.11. The number of hydrogen-bond donors (Lipinski definition) is 2. The number of methoxy groups -OCH3 is 1. The van der Waals surface area contributed by atoms with Gasteiger partial charge in [-0.3, -0.25) is 0 Å². The Kier molecular flexibility index (Phi) is 3.98. The highest BCUT2D eigenvalue weighted by atomic mass is 16.5. The van der Waals surface area contributed by atoms with Gasteiger partial charge in [0.2, 0.25) is 0 Å². The van der Waals surface area contributed by atoms with E-state index in [-0.39, 0.29) is 5.41 Å². The van der Waals surface area contributed by atoms with Gasteiger partial charge in [0.15, 0.2) is 0 Å². The maximum atomic E-state index is 10.6. The van der Waals surface area contributed by atoms with E-state index >= 15 is 0 Å². The molecule has 3 heteroatoms. The third-order valence-corrected chi connectivity index (χ3v) is 5.82. The fourth-order valence-electron chi connectivity index (χ4n) is 4.90. The van der Waals surface area contributed by atoms with Crippen LogP contribution < -0.4 is 5.32 Å². The van der Waals surface area contributed by atoms with Crippen molar-refractivity contribution in [3.05, 3.63) is 29.3 Å². The maximum Gasteiger partial charge on any atom is 0.119 e. The molecule has 3 rings (SSSR count). The lowest BCUT2D eigenvalue weighted by molar-refractivity contribution is -0.0114. The molecule has 1 saturated carbocycles. The summed E-state index contributed by atoms with van der Waals surface area (Å²) in [5, 5.41) is 14.2. The van der Waals surface area contributed by atoms with Gasteiger partial charge in [-0.15, -0.1) is 0 Å². The second kappa shape index (κ2) is 5.62. The van der Waals surface area contributed by atoms with E-state index in [9.17, 15) is 5.11 Å². The van der Waals surface area contributed by atoms with Gasteiger partial charge in [-0.1, -0.05) is 12.1 Å². The van der Waals surface area contributed by atoms with Crippen LogP contribution in [-0.4, -0.2) is 30.9 Å². The van der Waals surface area contributed by atoms with E-state index in [0.717, 1.165) is 25.8 Å². The van der Waals surface area contributed by atoms with Crippen LogP contribution in [0.5, 0.6) is 5.75 Å². The average Bonchev–Trinajstić information content (AvgIpc) is 2.46. The Morgan fingerprint density at radius 2 is 2.14 bits per heavy atom. The molecular formula is C18H27NO2. The summed E-state index contributed by atoms with van der Waals surface area (Å²) in [7, 11) is 1.82. The predicted molar refractivity (Wildman–Crippen MR) is 84.7 cm³/mol. The van der Waals surface area contributed by atoms with Crippen molar-refractivity contribution < 1.29 is 9.84 Å². The Morgan fingerprint density at radius 3 is 2.86 bits per heavy atom. The van der Waals surface area contributed by atoms with Crippen LogP contribution in [0.15, 0.2) is 18.2 Å². The van der Waals surface area contributed by atoms with Crippen molar-refractivity contribution in [1.82, 2.24) is 5.32 Å². The van der Waals surface area contributed by atoms with Crippen LogP contribution in [0.3, 0.4) is 0 Å². The fraction of sp³-hybridized carbons (Fsp3) is 0.667. The van der Waals surface area contributed by atoms with Crippen molar-refractivity contribution in [2.24, 2.45) is 5.92 Å². The van der Waals surface area contributed by atoms with Crippen LogP contribution in [0.1, 0.15) is 43.7 Å². The minimum Gasteiger partial charge on any atom is -0.508 e. The van der Waals surface area contributed by atoms with Crippen LogP contribution in [0, 0.1) is 12.8 Å².